The van der Waals surface area contributed by atoms with Gasteiger partial charge in [-0.2, -0.15) is 0 Å². The number of carbonyl (C=O) groups excluding carboxylic acids is 1. The first kappa shape index (κ1) is 17.0. The average Bonchev–Trinajstić information content (AvgIpc) is 2.99. The number of rotatable bonds is 1. The SMILES string of the molecule is CN1C[C@H](C(=O)N2CCCCC2)C[C@@H]2c3cccc4[nH]c(I)c(c34)C[C@H]21. The van der Waals surface area contributed by atoms with Gasteiger partial charge >= 0.3 is 0 Å². The molecule has 138 valence electrons. The maximum absolute atomic E-state index is 13.2. The number of likely N-dealkylation sites (N-methyl/N-ethyl adjacent to an activating group) is 1. The number of hydrogen-bond acceptors (Lipinski definition) is 2. The molecule has 1 aromatic carbocycles. The Bertz CT molecular complexity index is 854. The van der Waals surface area contributed by atoms with Gasteiger partial charge in [-0.3, -0.25) is 4.79 Å². The number of amides is 1. The molecule has 2 fully saturated rings. The van der Waals surface area contributed by atoms with Crippen molar-refractivity contribution in [2.75, 3.05) is 26.7 Å². The van der Waals surface area contributed by atoms with Crippen molar-refractivity contribution in [1.29, 1.82) is 0 Å². The van der Waals surface area contributed by atoms with Crippen LogP contribution in [0.15, 0.2) is 18.2 Å². The van der Waals surface area contributed by atoms with Gasteiger partial charge in [0.15, 0.2) is 0 Å². The summed E-state index contributed by atoms with van der Waals surface area (Å²) in [6, 6.07) is 7.18. The van der Waals surface area contributed by atoms with Crippen LogP contribution in [0.4, 0.5) is 0 Å². The van der Waals surface area contributed by atoms with Crippen molar-refractivity contribution in [1.82, 2.24) is 14.8 Å². The van der Waals surface area contributed by atoms with E-state index < -0.39 is 0 Å². The summed E-state index contributed by atoms with van der Waals surface area (Å²) in [5.41, 5.74) is 4.19. The Hall–Kier alpha value is -1.08. The van der Waals surface area contributed by atoms with Crippen molar-refractivity contribution in [2.24, 2.45) is 5.92 Å². The highest BCUT2D eigenvalue weighted by molar-refractivity contribution is 14.1. The lowest BCUT2D eigenvalue weighted by Crippen LogP contribution is -2.52. The highest BCUT2D eigenvalue weighted by atomic mass is 127. The fourth-order valence-electron chi connectivity index (χ4n) is 5.54. The summed E-state index contributed by atoms with van der Waals surface area (Å²) in [7, 11) is 2.22. The van der Waals surface area contributed by atoms with Crippen LogP contribution in [0, 0.1) is 9.62 Å². The van der Waals surface area contributed by atoms with Crippen molar-refractivity contribution in [3.8, 4) is 0 Å². The predicted octanol–water partition coefficient (Wildman–Crippen LogP) is 3.75. The summed E-state index contributed by atoms with van der Waals surface area (Å²) >= 11 is 2.44. The summed E-state index contributed by atoms with van der Waals surface area (Å²) in [6.45, 7) is 2.83. The Morgan fingerprint density at radius 1 is 1.23 bits per heavy atom. The molecule has 4 nitrogen and oxygen atoms in total. The number of piperidine rings is 2. The van der Waals surface area contributed by atoms with Crippen LogP contribution in [0.25, 0.3) is 10.9 Å². The third kappa shape index (κ3) is 2.61. The van der Waals surface area contributed by atoms with E-state index in [1.165, 1.54) is 45.0 Å². The fraction of sp³-hybridized carbons (Fsp3) is 0.571. The van der Waals surface area contributed by atoms with Gasteiger partial charge in [0.1, 0.15) is 0 Å². The predicted molar refractivity (Wildman–Crippen MR) is 112 cm³/mol. The standard InChI is InChI=1S/C21H26IN3O/c1-24-12-13(21(26)25-8-3-2-4-9-25)10-15-14-6-5-7-17-19(14)16(11-18(15)24)20(22)23-17/h5-7,13,15,18,23H,2-4,8-12H2,1H3/t13-,15-,18-/m1/s1. The minimum absolute atomic E-state index is 0.147. The third-order valence-electron chi connectivity index (χ3n) is 6.81. The van der Waals surface area contributed by atoms with Gasteiger partial charge in [-0.1, -0.05) is 12.1 Å². The van der Waals surface area contributed by atoms with Gasteiger partial charge in [0, 0.05) is 42.5 Å². The first-order valence-electron chi connectivity index (χ1n) is 9.91. The number of nitrogens with one attached hydrogen (secondary N) is 1. The number of H-pyrrole nitrogens is 1. The lowest BCUT2D eigenvalue weighted by atomic mass is 9.72. The molecule has 2 saturated heterocycles. The van der Waals surface area contributed by atoms with E-state index in [-0.39, 0.29) is 5.92 Å². The molecular weight excluding hydrogens is 437 g/mol. The molecule has 0 radical (unpaired) electrons. The molecule has 0 saturated carbocycles. The van der Waals surface area contributed by atoms with Crippen LogP contribution in [0.3, 0.4) is 0 Å². The normalized spacial score (nSPS) is 29.0. The van der Waals surface area contributed by atoms with Crippen LogP contribution in [0.2, 0.25) is 0 Å². The smallest absolute Gasteiger partial charge is 0.226 e. The number of fused-ring (bicyclic) bond motifs is 2. The van der Waals surface area contributed by atoms with E-state index in [1.54, 1.807) is 0 Å². The summed E-state index contributed by atoms with van der Waals surface area (Å²) in [5.74, 6) is 1.01. The van der Waals surface area contributed by atoms with Crippen molar-refractivity contribution >= 4 is 39.4 Å². The largest absolute Gasteiger partial charge is 0.350 e. The first-order chi connectivity index (χ1) is 12.6. The Labute approximate surface area is 168 Å². The second kappa shape index (κ2) is 6.51. The van der Waals surface area contributed by atoms with Gasteiger partial charge in [-0.25, -0.2) is 0 Å². The zero-order valence-electron chi connectivity index (χ0n) is 15.3. The van der Waals surface area contributed by atoms with Crippen LogP contribution >= 0.6 is 22.6 Å². The topological polar surface area (TPSA) is 39.3 Å². The molecule has 1 aromatic heterocycles. The third-order valence-corrected chi connectivity index (χ3v) is 7.74. The van der Waals surface area contributed by atoms with Gasteiger partial charge in [-0.15, -0.1) is 0 Å². The fourth-order valence-corrected chi connectivity index (χ4v) is 6.32. The molecule has 2 aliphatic heterocycles. The van der Waals surface area contributed by atoms with Gasteiger partial charge in [0.2, 0.25) is 5.91 Å². The highest BCUT2D eigenvalue weighted by Gasteiger charge is 2.42. The molecule has 3 aliphatic rings. The number of benzene rings is 1. The molecule has 3 heterocycles. The van der Waals surface area contributed by atoms with Gasteiger partial charge in [0.05, 0.1) is 9.62 Å². The van der Waals surface area contributed by atoms with Crippen LogP contribution < -0.4 is 0 Å². The molecule has 0 unspecified atom stereocenters. The summed E-state index contributed by atoms with van der Waals surface area (Å²) in [5, 5.41) is 1.43. The Morgan fingerprint density at radius 2 is 2.04 bits per heavy atom. The number of aromatic amines is 1. The molecule has 26 heavy (non-hydrogen) atoms. The van der Waals surface area contributed by atoms with E-state index in [2.05, 4.69) is 62.6 Å². The lowest BCUT2D eigenvalue weighted by Gasteiger charge is -2.46. The van der Waals surface area contributed by atoms with Crippen LogP contribution in [0.1, 0.15) is 42.7 Å². The Kier molecular flexibility index (Phi) is 4.27. The van der Waals surface area contributed by atoms with E-state index in [0.29, 0.717) is 17.9 Å². The molecule has 5 rings (SSSR count). The second-order valence-corrected chi connectivity index (χ2v) is 9.40. The molecule has 5 heteroatoms. The Balaban J connectivity index is 1.49. The van der Waals surface area contributed by atoms with Crippen LogP contribution in [-0.4, -0.2) is 53.4 Å². The minimum Gasteiger partial charge on any atom is -0.350 e. The van der Waals surface area contributed by atoms with E-state index in [0.717, 1.165) is 32.5 Å². The number of halogens is 1. The van der Waals surface area contributed by atoms with Crippen molar-refractivity contribution in [3.05, 3.63) is 33.0 Å². The number of carbonyl (C=O) groups is 1. The van der Waals surface area contributed by atoms with Crippen molar-refractivity contribution < 1.29 is 4.79 Å². The average molecular weight is 463 g/mol. The minimum atomic E-state index is 0.147. The van der Waals surface area contributed by atoms with Gasteiger partial charge < -0.3 is 14.8 Å². The molecule has 0 spiro atoms. The maximum atomic E-state index is 13.2. The highest BCUT2D eigenvalue weighted by Crippen LogP contribution is 2.45. The monoisotopic (exact) mass is 463 g/mol. The lowest BCUT2D eigenvalue weighted by molar-refractivity contribution is -0.139. The van der Waals surface area contributed by atoms with Crippen LogP contribution in [0.5, 0.6) is 0 Å². The molecule has 1 aliphatic carbocycles. The zero-order valence-corrected chi connectivity index (χ0v) is 17.5. The van der Waals surface area contributed by atoms with Crippen molar-refractivity contribution in [3.63, 3.8) is 0 Å². The van der Waals surface area contributed by atoms with E-state index >= 15 is 0 Å². The molecular formula is C21H26IN3O. The molecule has 1 N–H and O–H groups in total. The zero-order chi connectivity index (χ0) is 17.8. The number of nitrogens with zero attached hydrogens (tertiary/aromatic N) is 2. The first-order valence-corrected chi connectivity index (χ1v) is 11.0. The number of likely N-dealkylation sites (tertiary alicyclic amines) is 2. The number of hydrogen-bond donors (Lipinski definition) is 1. The summed E-state index contributed by atoms with van der Waals surface area (Å²) in [4.78, 5) is 21.3. The van der Waals surface area contributed by atoms with E-state index in [9.17, 15) is 4.79 Å². The summed E-state index contributed by atoms with van der Waals surface area (Å²) in [6.07, 6.45) is 5.72. The van der Waals surface area contributed by atoms with Gasteiger partial charge in [0.25, 0.3) is 0 Å². The van der Waals surface area contributed by atoms with E-state index in [4.69, 9.17) is 0 Å². The molecule has 0 bridgehead atoms. The Morgan fingerprint density at radius 3 is 2.85 bits per heavy atom. The van der Waals surface area contributed by atoms with Gasteiger partial charge in [-0.05, 0) is 78.9 Å². The number of aromatic nitrogens is 1. The van der Waals surface area contributed by atoms with Crippen LogP contribution in [-0.2, 0) is 11.2 Å². The molecule has 3 atom stereocenters. The maximum Gasteiger partial charge on any atom is 0.226 e. The quantitative estimate of drug-likeness (QED) is 0.655. The van der Waals surface area contributed by atoms with E-state index in [1.807, 2.05) is 0 Å². The van der Waals surface area contributed by atoms with Crippen molar-refractivity contribution in [2.45, 2.75) is 44.1 Å². The molecule has 2 aromatic rings. The molecule has 1 amide bonds. The second-order valence-electron chi connectivity index (χ2n) is 8.32. The summed E-state index contributed by atoms with van der Waals surface area (Å²) < 4.78 is 1.28.